The average molecular weight is 493 g/mol. The number of fused-ring (bicyclic) bond motifs is 1. The number of nitrogens with zero attached hydrogens (tertiary/aromatic N) is 6. The zero-order chi connectivity index (χ0) is 25.3. The lowest BCUT2D eigenvalue weighted by Crippen LogP contribution is -2.42. The van der Waals surface area contributed by atoms with E-state index in [1.807, 2.05) is 12.1 Å². The van der Waals surface area contributed by atoms with Crippen LogP contribution >= 0.6 is 11.6 Å². The van der Waals surface area contributed by atoms with Crippen molar-refractivity contribution in [3.63, 3.8) is 0 Å². The van der Waals surface area contributed by atoms with Crippen molar-refractivity contribution in [1.82, 2.24) is 19.9 Å². The molecule has 4 rings (SSSR count). The zero-order valence-corrected chi connectivity index (χ0v) is 18.6. The van der Waals surface area contributed by atoms with Crippen LogP contribution in [0.4, 0.5) is 14.9 Å². The normalized spacial score (nSPS) is 16.3. The van der Waals surface area contributed by atoms with Crippen LogP contribution in [0.2, 0.25) is 5.15 Å². The Kier molecular flexibility index (Phi) is 5.91. The molecule has 0 spiro atoms. The highest BCUT2D eigenvalue weighted by atomic mass is 35.5. The molecule has 2 amide bonds. The lowest BCUT2D eigenvalue weighted by molar-refractivity contribution is 0.102. The molecule has 0 bridgehead atoms. The molecule has 1 aliphatic heterocycles. The van der Waals surface area contributed by atoms with E-state index >= 15 is 4.39 Å². The molecule has 11 nitrogen and oxygen atoms in total. The first-order valence-electron chi connectivity index (χ1n) is 9.89. The minimum absolute atomic E-state index is 0.0168. The van der Waals surface area contributed by atoms with E-state index < -0.39 is 23.4 Å². The van der Waals surface area contributed by atoms with E-state index in [1.165, 1.54) is 35.0 Å². The molecule has 0 aliphatic carbocycles. The fourth-order valence-electron chi connectivity index (χ4n) is 3.64. The Hall–Kier alpha value is -4.81. The SMILES string of the molecule is CC1(c2cc(NC(=O)c3ccc(C#N)cn3)ccc2F)Cn2c(nc(Cl)c2C#N)C(NC(=O)O)=N1. The third-order valence-corrected chi connectivity index (χ3v) is 5.49. The van der Waals surface area contributed by atoms with E-state index in [4.69, 9.17) is 16.9 Å². The summed E-state index contributed by atoms with van der Waals surface area (Å²) in [5.74, 6) is -1.46. The summed E-state index contributed by atoms with van der Waals surface area (Å²) < 4.78 is 16.4. The number of imidazole rings is 1. The maximum atomic E-state index is 15.0. The van der Waals surface area contributed by atoms with Crippen molar-refractivity contribution in [2.45, 2.75) is 19.0 Å². The van der Waals surface area contributed by atoms with E-state index in [1.54, 1.807) is 6.92 Å². The van der Waals surface area contributed by atoms with Crippen molar-refractivity contribution in [1.29, 1.82) is 10.5 Å². The summed E-state index contributed by atoms with van der Waals surface area (Å²) in [4.78, 5) is 36.2. The molecule has 3 N–H and O–H groups in total. The molecule has 0 radical (unpaired) electrons. The van der Waals surface area contributed by atoms with Gasteiger partial charge in [0, 0.05) is 17.4 Å². The maximum absolute atomic E-state index is 15.0. The minimum Gasteiger partial charge on any atom is -0.465 e. The molecule has 1 atom stereocenters. The van der Waals surface area contributed by atoms with Crippen LogP contribution in [0.25, 0.3) is 0 Å². The van der Waals surface area contributed by atoms with Gasteiger partial charge in [-0.1, -0.05) is 11.6 Å². The van der Waals surface area contributed by atoms with Crippen LogP contribution in [0.5, 0.6) is 0 Å². The quantitative estimate of drug-likeness (QED) is 0.504. The van der Waals surface area contributed by atoms with Gasteiger partial charge >= 0.3 is 6.09 Å². The van der Waals surface area contributed by atoms with Crippen LogP contribution in [0.1, 0.15) is 40.1 Å². The number of hydrogen-bond donors (Lipinski definition) is 3. The van der Waals surface area contributed by atoms with Crippen molar-refractivity contribution in [3.8, 4) is 12.1 Å². The van der Waals surface area contributed by atoms with Gasteiger partial charge in [0.2, 0.25) is 0 Å². The summed E-state index contributed by atoms with van der Waals surface area (Å²) >= 11 is 6.04. The number of benzene rings is 1. The van der Waals surface area contributed by atoms with Gasteiger partial charge < -0.3 is 15.0 Å². The molecule has 0 saturated carbocycles. The summed E-state index contributed by atoms with van der Waals surface area (Å²) in [5, 5.41) is 32.2. The monoisotopic (exact) mass is 492 g/mol. The third-order valence-electron chi connectivity index (χ3n) is 5.22. The van der Waals surface area contributed by atoms with Crippen molar-refractivity contribution >= 4 is 35.1 Å². The smallest absolute Gasteiger partial charge is 0.410 e. The van der Waals surface area contributed by atoms with Crippen LogP contribution in [-0.4, -0.2) is 37.5 Å². The van der Waals surface area contributed by atoms with Gasteiger partial charge in [-0.05, 0) is 37.3 Å². The first kappa shape index (κ1) is 23.4. The molecule has 174 valence electrons. The van der Waals surface area contributed by atoms with Crippen molar-refractivity contribution in [3.05, 3.63) is 75.8 Å². The molecule has 1 aliphatic rings. The number of amidine groups is 1. The third kappa shape index (κ3) is 4.38. The van der Waals surface area contributed by atoms with E-state index in [0.29, 0.717) is 0 Å². The number of hydrogen-bond acceptors (Lipinski definition) is 7. The molecule has 0 fully saturated rings. The van der Waals surface area contributed by atoms with Crippen molar-refractivity contribution in [2.75, 3.05) is 5.32 Å². The summed E-state index contributed by atoms with van der Waals surface area (Å²) in [6.45, 7) is 1.46. The van der Waals surface area contributed by atoms with Gasteiger partial charge in [0.25, 0.3) is 5.91 Å². The fourth-order valence-corrected chi connectivity index (χ4v) is 3.86. The highest BCUT2D eigenvalue weighted by molar-refractivity contribution is 6.30. The van der Waals surface area contributed by atoms with Gasteiger partial charge in [0.1, 0.15) is 29.2 Å². The van der Waals surface area contributed by atoms with Gasteiger partial charge in [-0.25, -0.2) is 19.2 Å². The van der Waals surface area contributed by atoms with Crippen molar-refractivity contribution in [2.24, 2.45) is 4.99 Å². The van der Waals surface area contributed by atoms with Gasteiger partial charge in [-0.15, -0.1) is 0 Å². The number of carboxylic acid groups (broad SMARTS) is 1. The maximum Gasteiger partial charge on any atom is 0.410 e. The van der Waals surface area contributed by atoms with Crippen LogP contribution in [-0.2, 0) is 12.1 Å². The van der Waals surface area contributed by atoms with Gasteiger partial charge in [0.05, 0.1) is 12.1 Å². The first-order chi connectivity index (χ1) is 16.6. The van der Waals surface area contributed by atoms with Crippen LogP contribution < -0.4 is 10.6 Å². The molecule has 1 unspecified atom stereocenters. The highest BCUT2D eigenvalue weighted by Crippen LogP contribution is 2.36. The summed E-state index contributed by atoms with van der Waals surface area (Å²) in [7, 11) is 0. The summed E-state index contributed by atoms with van der Waals surface area (Å²) in [6.07, 6.45) is -0.186. The molecule has 13 heteroatoms. The number of aromatic nitrogens is 3. The largest absolute Gasteiger partial charge is 0.465 e. The number of nitriles is 2. The Morgan fingerprint density at radius 3 is 2.63 bits per heavy atom. The zero-order valence-electron chi connectivity index (χ0n) is 17.9. The Labute approximate surface area is 202 Å². The summed E-state index contributed by atoms with van der Waals surface area (Å²) in [6, 6.07) is 10.4. The lowest BCUT2D eigenvalue weighted by atomic mass is 9.90. The van der Waals surface area contributed by atoms with Gasteiger partial charge in [0.15, 0.2) is 22.5 Å². The Morgan fingerprint density at radius 2 is 2.00 bits per heavy atom. The fraction of sp³-hybridized carbons (Fsp3) is 0.136. The van der Waals surface area contributed by atoms with E-state index in [-0.39, 0.29) is 51.6 Å². The number of rotatable bonds is 3. The molecular weight excluding hydrogens is 479 g/mol. The average Bonchev–Trinajstić information content (AvgIpc) is 3.14. The number of carbonyl (C=O) groups excluding carboxylic acids is 1. The predicted octanol–water partition coefficient (Wildman–Crippen LogP) is 3.01. The van der Waals surface area contributed by atoms with E-state index in [2.05, 4.69) is 25.6 Å². The number of pyridine rings is 1. The molecule has 1 aromatic carbocycles. The second-order valence-corrected chi connectivity index (χ2v) is 7.99. The number of carbonyl (C=O) groups is 2. The lowest BCUT2D eigenvalue weighted by Gasteiger charge is -2.32. The molecule has 3 heterocycles. The Bertz CT molecular complexity index is 1490. The first-order valence-corrected chi connectivity index (χ1v) is 10.3. The molecular formula is C22H14ClFN8O3. The molecule has 3 aromatic rings. The number of aliphatic imine (C=N–C) groups is 1. The van der Waals surface area contributed by atoms with Crippen LogP contribution in [0.15, 0.2) is 41.5 Å². The number of amides is 2. The second kappa shape index (κ2) is 8.85. The van der Waals surface area contributed by atoms with Crippen molar-refractivity contribution < 1.29 is 19.1 Å². The summed E-state index contributed by atoms with van der Waals surface area (Å²) in [5.41, 5.74) is -0.873. The van der Waals surface area contributed by atoms with E-state index in [0.717, 1.165) is 6.07 Å². The standard InChI is InChI=1S/C22H14ClFN8O3/c1-22(10-32-16(8-26)17(23)29-19(32)18(31-22)30-21(34)35)13-6-12(3-4-14(13)24)28-20(33)15-5-2-11(7-25)9-27-15/h2-6,9H,10H2,1H3,(H,28,33)(H,30,31)(H,34,35). The highest BCUT2D eigenvalue weighted by Gasteiger charge is 2.38. The molecule has 0 saturated heterocycles. The number of halogens is 2. The Balaban J connectivity index is 1.73. The molecule has 35 heavy (non-hydrogen) atoms. The predicted molar refractivity (Wildman–Crippen MR) is 120 cm³/mol. The minimum atomic E-state index is -1.44. The van der Waals surface area contributed by atoms with Crippen LogP contribution in [0.3, 0.4) is 0 Å². The number of anilines is 1. The number of nitrogens with one attached hydrogen (secondary N) is 2. The van der Waals surface area contributed by atoms with E-state index in [9.17, 15) is 20.0 Å². The topological polar surface area (TPSA) is 169 Å². The second-order valence-electron chi connectivity index (χ2n) is 7.63. The van der Waals surface area contributed by atoms with Gasteiger partial charge in [-0.2, -0.15) is 10.5 Å². The molecule has 2 aromatic heterocycles. The Morgan fingerprint density at radius 1 is 1.23 bits per heavy atom. The van der Waals surface area contributed by atoms with Gasteiger partial charge in [-0.3, -0.25) is 15.1 Å². The van der Waals surface area contributed by atoms with Crippen LogP contribution in [0, 0.1) is 28.5 Å².